The molecular weight excluding hydrogens is 417 g/mol. The van der Waals surface area contributed by atoms with Crippen molar-refractivity contribution in [1.82, 2.24) is 10.2 Å². The molecule has 2 aliphatic heterocycles. The van der Waals surface area contributed by atoms with Gasteiger partial charge in [0.25, 0.3) is 0 Å². The average molecular weight is 446 g/mol. The van der Waals surface area contributed by atoms with Crippen LogP contribution in [0.3, 0.4) is 0 Å². The van der Waals surface area contributed by atoms with Crippen LogP contribution >= 0.6 is 11.6 Å². The van der Waals surface area contributed by atoms with Crippen LogP contribution < -0.4 is 15.0 Å². The fourth-order valence-electron chi connectivity index (χ4n) is 4.35. The van der Waals surface area contributed by atoms with Gasteiger partial charge in [-0.15, -0.1) is 0 Å². The number of halogens is 2. The Balaban J connectivity index is 1.12. The van der Waals surface area contributed by atoms with E-state index in [-0.39, 0.29) is 11.8 Å². The Bertz CT molecular complexity index is 885. The molecule has 2 aromatic carbocycles. The minimum Gasteiger partial charge on any atom is -0.494 e. The molecule has 1 saturated heterocycles. The number of benzene rings is 2. The average Bonchev–Trinajstić information content (AvgIpc) is 3.19. The number of hydrogen-bond acceptors (Lipinski definition) is 3. The van der Waals surface area contributed by atoms with Crippen molar-refractivity contribution in [1.29, 1.82) is 0 Å². The standard InChI is InChI=1S/C24H29ClFN3O2/c25-20-2-1-19-9-14-29(23(19)17-20)24(30)27-11-15-28-12-7-18(8-13-28)10-16-31-22-5-3-21(26)4-6-22/h1-6,17-18H,7-16H2,(H,27,30). The first-order valence-corrected chi connectivity index (χ1v) is 11.4. The molecule has 2 amide bonds. The molecule has 31 heavy (non-hydrogen) atoms. The quantitative estimate of drug-likeness (QED) is 0.670. The normalized spacial score (nSPS) is 16.9. The molecule has 7 heteroatoms. The van der Waals surface area contributed by atoms with E-state index in [0.29, 0.717) is 30.6 Å². The first kappa shape index (κ1) is 21.9. The molecule has 0 saturated carbocycles. The van der Waals surface area contributed by atoms with Crippen LogP contribution in [0.25, 0.3) is 0 Å². The number of anilines is 1. The van der Waals surface area contributed by atoms with Crippen molar-refractivity contribution < 1.29 is 13.9 Å². The van der Waals surface area contributed by atoms with Crippen molar-refractivity contribution in [3.63, 3.8) is 0 Å². The maximum Gasteiger partial charge on any atom is 0.321 e. The second-order valence-corrected chi connectivity index (χ2v) is 8.72. The number of carbonyl (C=O) groups is 1. The molecule has 0 bridgehead atoms. The first-order valence-electron chi connectivity index (χ1n) is 11.0. The van der Waals surface area contributed by atoms with Crippen molar-refractivity contribution in [2.75, 3.05) is 44.2 Å². The fourth-order valence-corrected chi connectivity index (χ4v) is 4.52. The third kappa shape index (κ3) is 5.89. The number of carbonyl (C=O) groups excluding carboxylic acids is 1. The summed E-state index contributed by atoms with van der Waals surface area (Å²) >= 11 is 6.09. The van der Waals surface area contributed by atoms with E-state index in [1.807, 2.05) is 18.2 Å². The Hall–Kier alpha value is -2.31. The van der Waals surface area contributed by atoms with Crippen molar-refractivity contribution in [3.05, 3.63) is 58.9 Å². The van der Waals surface area contributed by atoms with E-state index in [9.17, 15) is 9.18 Å². The lowest BCUT2D eigenvalue weighted by atomic mass is 9.94. The highest BCUT2D eigenvalue weighted by atomic mass is 35.5. The van der Waals surface area contributed by atoms with E-state index < -0.39 is 0 Å². The number of likely N-dealkylation sites (tertiary alicyclic amines) is 1. The predicted octanol–water partition coefficient (Wildman–Crippen LogP) is 4.73. The van der Waals surface area contributed by atoms with Gasteiger partial charge in [0.05, 0.1) is 12.3 Å². The van der Waals surface area contributed by atoms with E-state index in [2.05, 4.69) is 10.2 Å². The van der Waals surface area contributed by atoms with Crippen molar-refractivity contribution in [2.24, 2.45) is 5.92 Å². The summed E-state index contributed by atoms with van der Waals surface area (Å²) in [6.45, 7) is 4.95. The van der Waals surface area contributed by atoms with Gasteiger partial charge in [0.15, 0.2) is 0 Å². The molecule has 0 radical (unpaired) electrons. The first-order chi connectivity index (χ1) is 15.1. The number of rotatable bonds is 7. The van der Waals surface area contributed by atoms with Gasteiger partial charge in [-0.2, -0.15) is 0 Å². The van der Waals surface area contributed by atoms with Crippen molar-refractivity contribution >= 4 is 23.3 Å². The highest BCUT2D eigenvalue weighted by molar-refractivity contribution is 6.31. The van der Waals surface area contributed by atoms with Gasteiger partial charge < -0.3 is 15.0 Å². The fraction of sp³-hybridized carbons (Fsp3) is 0.458. The summed E-state index contributed by atoms with van der Waals surface area (Å²) in [5.41, 5.74) is 2.10. The Kier molecular flexibility index (Phi) is 7.30. The van der Waals surface area contributed by atoms with Crippen LogP contribution in [0.1, 0.15) is 24.8 Å². The van der Waals surface area contributed by atoms with Gasteiger partial charge in [-0.05, 0) is 86.7 Å². The maximum absolute atomic E-state index is 12.9. The summed E-state index contributed by atoms with van der Waals surface area (Å²) in [4.78, 5) is 16.8. The molecule has 0 spiro atoms. The van der Waals surface area contributed by atoms with Gasteiger partial charge in [0, 0.05) is 24.7 Å². The smallest absolute Gasteiger partial charge is 0.321 e. The monoisotopic (exact) mass is 445 g/mol. The number of nitrogens with zero attached hydrogens (tertiary/aromatic N) is 2. The van der Waals surface area contributed by atoms with Crippen LogP contribution in [-0.2, 0) is 6.42 Å². The number of amides is 2. The SMILES string of the molecule is O=C(NCCN1CCC(CCOc2ccc(F)cc2)CC1)N1CCc2ccc(Cl)cc21. The van der Waals surface area contributed by atoms with E-state index in [1.54, 1.807) is 17.0 Å². The van der Waals surface area contributed by atoms with Gasteiger partial charge in [-0.25, -0.2) is 9.18 Å². The number of fused-ring (bicyclic) bond motifs is 1. The third-order valence-electron chi connectivity index (χ3n) is 6.21. The third-order valence-corrected chi connectivity index (χ3v) is 6.44. The number of piperidine rings is 1. The van der Waals surface area contributed by atoms with Gasteiger partial charge >= 0.3 is 6.03 Å². The molecule has 0 aliphatic carbocycles. The van der Waals surface area contributed by atoms with Crippen LogP contribution in [0.15, 0.2) is 42.5 Å². The zero-order valence-corrected chi connectivity index (χ0v) is 18.4. The number of hydrogen-bond donors (Lipinski definition) is 1. The highest BCUT2D eigenvalue weighted by Crippen LogP contribution is 2.30. The molecule has 1 N–H and O–H groups in total. The second kappa shape index (κ2) is 10.3. The summed E-state index contributed by atoms with van der Waals surface area (Å²) in [6.07, 6.45) is 4.16. The minimum absolute atomic E-state index is 0.0474. The number of nitrogens with one attached hydrogen (secondary N) is 1. The molecule has 2 aliphatic rings. The predicted molar refractivity (Wildman–Crippen MR) is 122 cm³/mol. The zero-order valence-electron chi connectivity index (χ0n) is 17.7. The minimum atomic E-state index is -0.245. The van der Waals surface area contributed by atoms with Crippen LogP contribution in [0.4, 0.5) is 14.9 Å². The summed E-state index contributed by atoms with van der Waals surface area (Å²) < 4.78 is 18.7. The summed E-state index contributed by atoms with van der Waals surface area (Å²) in [6, 6.07) is 11.9. The van der Waals surface area contributed by atoms with Crippen LogP contribution in [-0.4, -0.2) is 50.3 Å². The maximum atomic E-state index is 12.9. The van der Waals surface area contributed by atoms with E-state index in [4.69, 9.17) is 16.3 Å². The molecule has 1 fully saturated rings. The molecule has 2 aromatic rings. The van der Waals surface area contributed by atoms with E-state index in [1.165, 1.54) is 17.7 Å². The van der Waals surface area contributed by atoms with Crippen molar-refractivity contribution in [3.8, 4) is 5.75 Å². The number of ether oxygens (including phenoxy) is 1. The lowest BCUT2D eigenvalue weighted by Crippen LogP contribution is -2.44. The van der Waals surface area contributed by atoms with Gasteiger partial charge in [0.1, 0.15) is 11.6 Å². The largest absolute Gasteiger partial charge is 0.494 e. The molecule has 2 heterocycles. The Morgan fingerprint density at radius 3 is 2.68 bits per heavy atom. The van der Waals surface area contributed by atoms with Crippen LogP contribution in [0.2, 0.25) is 5.02 Å². The molecule has 166 valence electrons. The summed E-state index contributed by atoms with van der Waals surface area (Å²) in [5.74, 6) is 1.13. The molecular formula is C24H29ClFN3O2. The molecule has 4 rings (SSSR count). The topological polar surface area (TPSA) is 44.8 Å². The Labute approximate surface area is 188 Å². The highest BCUT2D eigenvalue weighted by Gasteiger charge is 2.25. The lowest BCUT2D eigenvalue weighted by Gasteiger charge is -2.32. The van der Waals surface area contributed by atoms with Crippen LogP contribution in [0, 0.1) is 11.7 Å². The lowest BCUT2D eigenvalue weighted by molar-refractivity contribution is 0.164. The van der Waals surface area contributed by atoms with Crippen molar-refractivity contribution in [2.45, 2.75) is 25.7 Å². The summed E-state index contributed by atoms with van der Waals surface area (Å²) in [7, 11) is 0. The van der Waals surface area contributed by atoms with E-state index >= 15 is 0 Å². The summed E-state index contributed by atoms with van der Waals surface area (Å²) in [5, 5.41) is 3.71. The second-order valence-electron chi connectivity index (χ2n) is 8.28. The zero-order chi connectivity index (χ0) is 21.6. The molecule has 0 unspecified atom stereocenters. The van der Waals surface area contributed by atoms with E-state index in [0.717, 1.165) is 56.8 Å². The van der Waals surface area contributed by atoms with Gasteiger partial charge in [-0.3, -0.25) is 4.90 Å². The molecule has 0 aromatic heterocycles. The Morgan fingerprint density at radius 2 is 1.90 bits per heavy atom. The van der Waals surface area contributed by atoms with Crippen LogP contribution in [0.5, 0.6) is 5.75 Å². The van der Waals surface area contributed by atoms with Gasteiger partial charge in [-0.1, -0.05) is 17.7 Å². The molecule has 0 atom stereocenters. The van der Waals surface area contributed by atoms with Gasteiger partial charge in [0.2, 0.25) is 0 Å². The molecule has 5 nitrogen and oxygen atoms in total. The Morgan fingerprint density at radius 1 is 1.13 bits per heavy atom. The number of urea groups is 1.